The number of aromatic carboxylic acids is 1. The number of pyridine rings is 1. The van der Waals surface area contributed by atoms with Crippen LogP contribution < -0.4 is 16.2 Å². The lowest BCUT2D eigenvalue weighted by Crippen LogP contribution is -2.24. The summed E-state index contributed by atoms with van der Waals surface area (Å²) in [5.41, 5.74) is 2.20. The molecule has 1 aliphatic carbocycles. The second-order valence-electron chi connectivity index (χ2n) is 7.96. The Morgan fingerprint density at radius 1 is 1.39 bits per heavy atom. The predicted molar refractivity (Wildman–Crippen MR) is 118 cm³/mol. The Labute approximate surface area is 179 Å². The fraction of sp³-hybridized carbons (Fsp3) is 0.304. The predicted octanol–water partition coefficient (Wildman–Crippen LogP) is 3.57. The van der Waals surface area contributed by atoms with Crippen molar-refractivity contribution in [2.24, 2.45) is 5.92 Å². The molecule has 1 unspecified atom stereocenters. The molecule has 8 nitrogen and oxygen atoms in total. The van der Waals surface area contributed by atoms with Crippen LogP contribution in [-0.2, 0) is 0 Å². The van der Waals surface area contributed by atoms with Gasteiger partial charge >= 0.3 is 5.97 Å². The molecule has 8 heteroatoms. The lowest BCUT2D eigenvalue weighted by atomic mass is 10.1. The Hall–Kier alpha value is -3.86. The highest BCUT2D eigenvalue weighted by Gasteiger charge is 2.23. The van der Waals surface area contributed by atoms with E-state index in [-0.39, 0.29) is 17.2 Å². The van der Waals surface area contributed by atoms with Gasteiger partial charge in [0.2, 0.25) is 0 Å². The van der Waals surface area contributed by atoms with Gasteiger partial charge in [0.05, 0.1) is 11.6 Å². The number of aryl methyl sites for hydroxylation is 1. The van der Waals surface area contributed by atoms with Gasteiger partial charge in [0.25, 0.3) is 5.56 Å². The van der Waals surface area contributed by atoms with Crippen molar-refractivity contribution in [2.75, 3.05) is 17.2 Å². The van der Waals surface area contributed by atoms with Crippen molar-refractivity contribution in [3.05, 3.63) is 69.1 Å². The third-order valence-electron chi connectivity index (χ3n) is 5.45. The summed E-state index contributed by atoms with van der Waals surface area (Å²) in [4.78, 5) is 29.2. The van der Waals surface area contributed by atoms with Gasteiger partial charge in [0.15, 0.2) is 11.4 Å². The van der Waals surface area contributed by atoms with Crippen LogP contribution in [0.5, 0.6) is 0 Å². The van der Waals surface area contributed by atoms with E-state index in [1.807, 2.05) is 26.0 Å². The normalized spacial score (nSPS) is 14.1. The lowest BCUT2D eigenvalue weighted by Gasteiger charge is -2.20. The molecule has 2 heterocycles. The summed E-state index contributed by atoms with van der Waals surface area (Å²) in [6, 6.07) is 10.2. The van der Waals surface area contributed by atoms with Gasteiger partial charge < -0.3 is 15.7 Å². The summed E-state index contributed by atoms with van der Waals surface area (Å²) in [5.74, 6) is -0.177. The number of nitriles is 1. The standard InChI is InChI=1S/C23H23N5O3/c1-13-9-17(14(2)26-19-6-4-3-5-16(19)23(30)31)21-27-20(25-11-15-7-8-15)18(10-24)22(29)28(21)12-13/h3-6,9,12,14-15,25-26H,7-8,11H2,1-2H3,(H,30,31). The van der Waals surface area contributed by atoms with Gasteiger partial charge in [-0.2, -0.15) is 5.26 Å². The van der Waals surface area contributed by atoms with E-state index in [1.54, 1.807) is 24.4 Å². The Bertz CT molecular complexity index is 1270. The first-order chi connectivity index (χ1) is 14.9. The summed E-state index contributed by atoms with van der Waals surface area (Å²) in [6.45, 7) is 4.42. The number of carboxylic acid groups (broad SMARTS) is 1. The molecule has 0 saturated heterocycles. The molecular formula is C23H23N5O3. The van der Waals surface area contributed by atoms with E-state index in [0.29, 0.717) is 29.6 Å². The maximum absolute atomic E-state index is 13.0. The zero-order valence-corrected chi connectivity index (χ0v) is 17.3. The van der Waals surface area contributed by atoms with Crippen molar-refractivity contribution in [3.63, 3.8) is 0 Å². The number of hydrogen-bond donors (Lipinski definition) is 3. The molecule has 3 aromatic rings. The molecule has 0 aliphatic heterocycles. The number of carboxylic acids is 1. The molecule has 1 aliphatic rings. The third kappa shape index (κ3) is 4.08. The molecule has 1 saturated carbocycles. The highest BCUT2D eigenvalue weighted by molar-refractivity contribution is 5.94. The van der Waals surface area contributed by atoms with Crippen molar-refractivity contribution in [3.8, 4) is 6.07 Å². The molecule has 31 heavy (non-hydrogen) atoms. The SMILES string of the molecule is Cc1cc(C(C)Nc2ccccc2C(=O)O)c2nc(NCC3CC3)c(C#N)c(=O)n2c1. The van der Waals surface area contributed by atoms with Gasteiger partial charge in [0, 0.05) is 24.0 Å². The molecule has 0 radical (unpaired) electrons. The van der Waals surface area contributed by atoms with Crippen LogP contribution in [0.2, 0.25) is 0 Å². The zero-order valence-electron chi connectivity index (χ0n) is 17.3. The summed E-state index contributed by atoms with van der Waals surface area (Å²) in [7, 11) is 0. The van der Waals surface area contributed by atoms with E-state index in [9.17, 15) is 20.0 Å². The second kappa shape index (κ2) is 8.11. The molecule has 1 atom stereocenters. The second-order valence-corrected chi connectivity index (χ2v) is 7.96. The van der Waals surface area contributed by atoms with E-state index < -0.39 is 11.5 Å². The average molecular weight is 417 g/mol. The van der Waals surface area contributed by atoms with Gasteiger partial charge in [-0.15, -0.1) is 0 Å². The van der Waals surface area contributed by atoms with E-state index in [4.69, 9.17) is 0 Å². The topological polar surface area (TPSA) is 120 Å². The molecule has 2 aromatic heterocycles. The average Bonchev–Trinajstić information content (AvgIpc) is 3.57. The maximum Gasteiger partial charge on any atom is 0.337 e. The van der Waals surface area contributed by atoms with Crippen molar-refractivity contribution >= 4 is 23.1 Å². The first-order valence-electron chi connectivity index (χ1n) is 10.2. The summed E-state index contributed by atoms with van der Waals surface area (Å²) in [6.07, 6.45) is 3.93. The Morgan fingerprint density at radius 2 is 2.13 bits per heavy atom. The van der Waals surface area contributed by atoms with Crippen LogP contribution in [0.15, 0.2) is 41.3 Å². The van der Waals surface area contributed by atoms with Gasteiger partial charge in [-0.3, -0.25) is 9.20 Å². The van der Waals surface area contributed by atoms with E-state index in [2.05, 4.69) is 15.6 Å². The smallest absolute Gasteiger partial charge is 0.337 e. The number of para-hydroxylation sites is 1. The maximum atomic E-state index is 13.0. The van der Waals surface area contributed by atoms with Crippen LogP contribution in [-0.4, -0.2) is 27.0 Å². The minimum absolute atomic E-state index is 0.00784. The first-order valence-corrected chi connectivity index (χ1v) is 10.2. The molecule has 0 spiro atoms. The number of nitrogens with one attached hydrogen (secondary N) is 2. The highest BCUT2D eigenvalue weighted by Crippen LogP contribution is 2.30. The van der Waals surface area contributed by atoms with E-state index >= 15 is 0 Å². The number of anilines is 2. The molecule has 1 aromatic carbocycles. The molecule has 3 N–H and O–H groups in total. The van der Waals surface area contributed by atoms with Crippen LogP contribution in [0.1, 0.15) is 52.9 Å². The number of nitrogens with zero attached hydrogens (tertiary/aromatic N) is 3. The highest BCUT2D eigenvalue weighted by atomic mass is 16.4. The number of fused-ring (bicyclic) bond motifs is 1. The summed E-state index contributed by atoms with van der Waals surface area (Å²) >= 11 is 0. The fourth-order valence-corrected chi connectivity index (χ4v) is 3.62. The summed E-state index contributed by atoms with van der Waals surface area (Å²) < 4.78 is 1.40. The minimum Gasteiger partial charge on any atom is -0.478 e. The van der Waals surface area contributed by atoms with Crippen LogP contribution in [0.25, 0.3) is 5.65 Å². The fourth-order valence-electron chi connectivity index (χ4n) is 3.62. The van der Waals surface area contributed by atoms with Crippen molar-refractivity contribution in [2.45, 2.75) is 32.7 Å². The van der Waals surface area contributed by atoms with E-state index in [1.165, 1.54) is 10.5 Å². The Balaban J connectivity index is 1.80. The third-order valence-corrected chi connectivity index (χ3v) is 5.45. The van der Waals surface area contributed by atoms with Crippen molar-refractivity contribution in [1.29, 1.82) is 5.26 Å². The minimum atomic E-state index is -1.02. The molecule has 158 valence electrons. The van der Waals surface area contributed by atoms with Gasteiger partial charge in [-0.1, -0.05) is 12.1 Å². The lowest BCUT2D eigenvalue weighted by molar-refractivity contribution is 0.0698. The first kappa shape index (κ1) is 20.4. The van der Waals surface area contributed by atoms with Crippen molar-refractivity contribution < 1.29 is 9.90 Å². The number of benzene rings is 1. The Morgan fingerprint density at radius 3 is 2.81 bits per heavy atom. The molecule has 0 bridgehead atoms. The van der Waals surface area contributed by atoms with Crippen LogP contribution in [0.3, 0.4) is 0 Å². The van der Waals surface area contributed by atoms with Crippen LogP contribution >= 0.6 is 0 Å². The van der Waals surface area contributed by atoms with Crippen LogP contribution in [0, 0.1) is 24.2 Å². The quantitative estimate of drug-likeness (QED) is 0.537. The number of aromatic nitrogens is 2. The zero-order chi connectivity index (χ0) is 22.1. The number of hydrogen-bond acceptors (Lipinski definition) is 6. The molecule has 1 fully saturated rings. The molecule has 4 rings (SSSR count). The largest absolute Gasteiger partial charge is 0.478 e. The van der Waals surface area contributed by atoms with Crippen LogP contribution in [0.4, 0.5) is 11.5 Å². The molecule has 0 amide bonds. The summed E-state index contributed by atoms with van der Waals surface area (Å²) in [5, 5.41) is 25.4. The molecular weight excluding hydrogens is 394 g/mol. The Kier molecular flexibility index (Phi) is 5.34. The van der Waals surface area contributed by atoms with E-state index in [0.717, 1.165) is 24.0 Å². The van der Waals surface area contributed by atoms with Crippen molar-refractivity contribution in [1.82, 2.24) is 9.38 Å². The van der Waals surface area contributed by atoms with Gasteiger partial charge in [-0.25, -0.2) is 9.78 Å². The van der Waals surface area contributed by atoms with Gasteiger partial charge in [-0.05, 0) is 56.4 Å². The number of rotatable bonds is 7. The van der Waals surface area contributed by atoms with Gasteiger partial charge in [0.1, 0.15) is 11.7 Å². The number of carbonyl (C=O) groups is 1. The monoisotopic (exact) mass is 417 g/mol.